The molecule has 0 unspecified atom stereocenters. The van der Waals surface area contributed by atoms with Crippen molar-refractivity contribution in [2.75, 3.05) is 6.61 Å². The van der Waals surface area contributed by atoms with Gasteiger partial charge in [-0.1, -0.05) is 0 Å². The van der Waals surface area contributed by atoms with E-state index in [0.29, 0.717) is 12.3 Å². The van der Waals surface area contributed by atoms with Gasteiger partial charge in [-0.3, -0.25) is 0 Å². The number of aryl methyl sites for hydroxylation is 1. The number of rotatable bonds is 2. The quantitative estimate of drug-likeness (QED) is 0.676. The van der Waals surface area contributed by atoms with Crippen molar-refractivity contribution < 1.29 is 9.53 Å². The summed E-state index contributed by atoms with van der Waals surface area (Å²) in [5.74, 6) is -0.340. The Bertz CT molecular complexity index is 359. The van der Waals surface area contributed by atoms with Crippen LogP contribution in [0.5, 0.6) is 0 Å². The molecule has 0 aliphatic heterocycles. The Morgan fingerprint density at radius 1 is 1.36 bits per heavy atom. The van der Waals surface area contributed by atoms with Crippen molar-refractivity contribution >= 4 is 5.97 Å². The van der Waals surface area contributed by atoms with E-state index in [9.17, 15) is 4.79 Å². The summed E-state index contributed by atoms with van der Waals surface area (Å²) in [6.45, 7) is 8.02. The number of carbonyl (C=O) groups excluding carboxylic acids is 1. The van der Waals surface area contributed by atoms with Gasteiger partial charge >= 0.3 is 5.97 Å². The molecule has 0 radical (unpaired) electrons. The number of pyridine rings is 1. The second-order valence-electron chi connectivity index (χ2n) is 3.26. The summed E-state index contributed by atoms with van der Waals surface area (Å²) in [5, 5.41) is 0. The van der Waals surface area contributed by atoms with E-state index in [4.69, 9.17) is 4.74 Å². The van der Waals surface area contributed by atoms with Crippen LogP contribution in [0.1, 0.15) is 34.1 Å². The van der Waals surface area contributed by atoms with Crippen LogP contribution in [-0.4, -0.2) is 17.6 Å². The Morgan fingerprint density at radius 2 is 2.00 bits per heavy atom. The van der Waals surface area contributed by atoms with Crippen LogP contribution in [0.4, 0.5) is 0 Å². The van der Waals surface area contributed by atoms with Crippen molar-refractivity contribution in [2.45, 2.75) is 27.7 Å². The van der Waals surface area contributed by atoms with Gasteiger partial charge in [-0.2, -0.15) is 0 Å². The maximum Gasteiger partial charge on any atom is 0.357 e. The van der Waals surface area contributed by atoms with Crippen LogP contribution >= 0.6 is 0 Å². The molecule has 0 fully saturated rings. The topological polar surface area (TPSA) is 39.2 Å². The zero-order valence-corrected chi connectivity index (χ0v) is 9.05. The molecule has 1 rings (SSSR count). The van der Waals surface area contributed by atoms with E-state index in [1.807, 2.05) is 20.8 Å². The standard InChI is InChI=1S/C11H15NO2/c1-5-14-11(13)10-9(4)8(3)7(2)6-12-10/h6H,5H2,1-4H3. The normalized spacial score (nSPS) is 10.0. The molecule has 0 amide bonds. The fourth-order valence-corrected chi connectivity index (χ4v) is 1.23. The minimum absolute atomic E-state index is 0.340. The highest BCUT2D eigenvalue weighted by Gasteiger charge is 2.13. The van der Waals surface area contributed by atoms with Gasteiger partial charge in [0.1, 0.15) is 0 Å². The molecule has 0 N–H and O–H groups in total. The second-order valence-corrected chi connectivity index (χ2v) is 3.26. The molecule has 3 nitrogen and oxygen atoms in total. The maximum absolute atomic E-state index is 11.4. The van der Waals surface area contributed by atoms with E-state index in [0.717, 1.165) is 16.7 Å². The van der Waals surface area contributed by atoms with Crippen LogP contribution in [-0.2, 0) is 4.74 Å². The lowest BCUT2D eigenvalue weighted by molar-refractivity contribution is 0.0518. The summed E-state index contributed by atoms with van der Waals surface area (Å²) in [7, 11) is 0. The molecule has 1 aromatic rings. The summed E-state index contributed by atoms with van der Waals surface area (Å²) >= 11 is 0. The van der Waals surface area contributed by atoms with Gasteiger partial charge in [-0.05, 0) is 44.4 Å². The Morgan fingerprint density at radius 3 is 2.57 bits per heavy atom. The minimum atomic E-state index is -0.340. The molecule has 0 atom stereocenters. The summed E-state index contributed by atoms with van der Waals surface area (Å²) in [6, 6.07) is 0. The number of hydrogen-bond acceptors (Lipinski definition) is 3. The minimum Gasteiger partial charge on any atom is -0.461 e. The number of esters is 1. The van der Waals surface area contributed by atoms with Crippen LogP contribution in [0.3, 0.4) is 0 Å². The van der Waals surface area contributed by atoms with E-state index in [2.05, 4.69) is 4.98 Å². The molecule has 14 heavy (non-hydrogen) atoms. The lowest BCUT2D eigenvalue weighted by atomic mass is 10.1. The Hall–Kier alpha value is -1.38. The first-order chi connectivity index (χ1) is 6.57. The highest BCUT2D eigenvalue weighted by Crippen LogP contribution is 2.14. The zero-order chi connectivity index (χ0) is 10.7. The number of carbonyl (C=O) groups is 1. The fraction of sp³-hybridized carbons (Fsp3) is 0.455. The van der Waals surface area contributed by atoms with Gasteiger partial charge < -0.3 is 4.74 Å². The van der Waals surface area contributed by atoms with Gasteiger partial charge in [-0.25, -0.2) is 9.78 Å². The molecule has 0 saturated heterocycles. The van der Waals surface area contributed by atoms with Gasteiger partial charge in [0, 0.05) is 6.20 Å². The molecule has 0 aromatic carbocycles. The predicted molar refractivity (Wildman–Crippen MR) is 54.4 cm³/mol. The molecule has 1 heterocycles. The van der Waals surface area contributed by atoms with Crippen molar-refractivity contribution in [1.29, 1.82) is 0 Å². The Labute approximate surface area is 84.1 Å². The smallest absolute Gasteiger partial charge is 0.357 e. The molecule has 0 aliphatic rings. The summed E-state index contributed by atoms with van der Waals surface area (Å²) < 4.78 is 4.90. The fourth-order valence-electron chi connectivity index (χ4n) is 1.23. The lowest BCUT2D eigenvalue weighted by Crippen LogP contribution is -2.10. The van der Waals surface area contributed by atoms with Gasteiger partial charge in [0.15, 0.2) is 5.69 Å². The molecule has 3 heteroatoms. The molecule has 1 aromatic heterocycles. The first kappa shape index (κ1) is 10.7. The van der Waals surface area contributed by atoms with Gasteiger partial charge in [0.2, 0.25) is 0 Å². The van der Waals surface area contributed by atoms with Crippen molar-refractivity contribution in [3.05, 3.63) is 28.6 Å². The Kier molecular flexibility index (Phi) is 3.23. The van der Waals surface area contributed by atoms with Crippen molar-refractivity contribution in [3.8, 4) is 0 Å². The molecule has 0 bridgehead atoms. The van der Waals surface area contributed by atoms with Crippen LogP contribution in [0.2, 0.25) is 0 Å². The van der Waals surface area contributed by atoms with E-state index in [1.165, 1.54) is 0 Å². The molecule has 0 saturated carbocycles. The first-order valence-electron chi connectivity index (χ1n) is 4.67. The maximum atomic E-state index is 11.4. The molecule has 76 valence electrons. The van der Waals surface area contributed by atoms with E-state index < -0.39 is 0 Å². The van der Waals surface area contributed by atoms with Crippen LogP contribution < -0.4 is 0 Å². The number of hydrogen-bond donors (Lipinski definition) is 0. The van der Waals surface area contributed by atoms with E-state index in [1.54, 1.807) is 13.1 Å². The number of nitrogens with zero attached hydrogens (tertiary/aromatic N) is 1. The molecular weight excluding hydrogens is 178 g/mol. The highest BCUT2D eigenvalue weighted by molar-refractivity contribution is 5.89. The number of aromatic nitrogens is 1. The van der Waals surface area contributed by atoms with Crippen molar-refractivity contribution in [3.63, 3.8) is 0 Å². The summed E-state index contributed by atoms with van der Waals surface area (Å²) in [4.78, 5) is 15.5. The molecule has 0 aliphatic carbocycles. The molecule has 0 spiro atoms. The van der Waals surface area contributed by atoms with Crippen LogP contribution in [0.15, 0.2) is 6.20 Å². The number of ether oxygens (including phenoxy) is 1. The first-order valence-corrected chi connectivity index (χ1v) is 4.67. The zero-order valence-electron chi connectivity index (χ0n) is 9.05. The van der Waals surface area contributed by atoms with Crippen molar-refractivity contribution in [1.82, 2.24) is 4.98 Å². The second kappa shape index (κ2) is 4.22. The van der Waals surface area contributed by atoms with E-state index >= 15 is 0 Å². The average Bonchev–Trinajstić information content (AvgIpc) is 2.15. The van der Waals surface area contributed by atoms with Crippen LogP contribution in [0.25, 0.3) is 0 Å². The van der Waals surface area contributed by atoms with Crippen molar-refractivity contribution in [2.24, 2.45) is 0 Å². The third-order valence-electron chi connectivity index (χ3n) is 2.37. The Balaban J connectivity index is 3.11. The third-order valence-corrected chi connectivity index (χ3v) is 2.37. The van der Waals surface area contributed by atoms with Gasteiger partial charge in [0.05, 0.1) is 6.61 Å². The highest BCUT2D eigenvalue weighted by atomic mass is 16.5. The summed E-state index contributed by atoms with van der Waals surface area (Å²) in [6.07, 6.45) is 1.70. The monoisotopic (exact) mass is 193 g/mol. The van der Waals surface area contributed by atoms with Crippen LogP contribution in [0, 0.1) is 20.8 Å². The predicted octanol–water partition coefficient (Wildman–Crippen LogP) is 2.18. The largest absolute Gasteiger partial charge is 0.461 e. The third kappa shape index (κ3) is 1.92. The van der Waals surface area contributed by atoms with Gasteiger partial charge in [-0.15, -0.1) is 0 Å². The van der Waals surface area contributed by atoms with Gasteiger partial charge in [0.25, 0.3) is 0 Å². The molecular formula is C11H15NO2. The summed E-state index contributed by atoms with van der Waals surface area (Å²) in [5.41, 5.74) is 3.53. The average molecular weight is 193 g/mol. The SMILES string of the molecule is CCOC(=O)c1ncc(C)c(C)c1C. The lowest BCUT2D eigenvalue weighted by Gasteiger charge is -2.08. The van der Waals surface area contributed by atoms with E-state index in [-0.39, 0.29) is 5.97 Å².